The van der Waals surface area contributed by atoms with Crippen LogP contribution in [0.1, 0.15) is 20.8 Å². The summed E-state index contributed by atoms with van der Waals surface area (Å²) in [5.41, 5.74) is -1.66. The predicted molar refractivity (Wildman–Crippen MR) is 41.4 cm³/mol. The number of aliphatic carboxylic acids is 1. The Morgan fingerprint density at radius 3 is 2.36 bits per heavy atom. The quantitative estimate of drug-likeness (QED) is 0.535. The lowest BCUT2D eigenvalue weighted by molar-refractivity contribution is -0.156. The van der Waals surface area contributed by atoms with Crippen LogP contribution in [0.3, 0.4) is 0 Å². The fourth-order valence-electron chi connectivity index (χ4n) is 0.478. The number of nitrogens with one attached hydrogen (secondary N) is 1. The zero-order valence-corrected chi connectivity index (χ0v) is 7.09. The van der Waals surface area contributed by atoms with Gasteiger partial charge >= 0.3 is 5.97 Å². The van der Waals surface area contributed by atoms with Gasteiger partial charge in [-0.05, 0) is 6.92 Å². The van der Waals surface area contributed by atoms with Gasteiger partial charge in [-0.2, -0.15) is 0 Å². The minimum atomic E-state index is -1.66. The summed E-state index contributed by atoms with van der Waals surface area (Å²) in [7, 11) is 0. The van der Waals surface area contributed by atoms with Crippen molar-refractivity contribution in [3.8, 4) is 0 Å². The normalized spacial score (nSPS) is 16.5. The molecule has 0 aromatic heterocycles. The van der Waals surface area contributed by atoms with E-state index in [0.717, 1.165) is 0 Å². The molecule has 1 atom stereocenters. The first kappa shape index (κ1) is 10.4. The minimum absolute atomic E-state index is 0.0694. The molecule has 0 amide bonds. The first-order chi connectivity index (χ1) is 4.86. The lowest BCUT2D eigenvalue weighted by Crippen LogP contribution is -2.46. The summed E-state index contributed by atoms with van der Waals surface area (Å²) in [6.07, 6.45) is 0. The molecule has 1 unspecified atom stereocenters. The topological polar surface area (TPSA) is 69.6 Å². The lowest BCUT2D eigenvalue weighted by Gasteiger charge is -2.19. The van der Waals surface area contributed by atoms with Crippen LogP contribution in [-0.4, -0.2) is 34.4 Å². The van der Waals surface area contributed by atoms with Crippen LogP contribution < -0.4 is 5.32 Å². The first-order valence-corrected chi connectivity index (χ1v) is 3.55. The number of carboxylic acid groups (broad SMARTS) is 1. The van der Waals surface area contributed by atoms with Crippen LogP contribution in [0.2, 0.25) is 0 Å². The molecule has 3 N–H and O–H groups in total. The molecule has 0 fully saturated rings. The second-order valence-corrected chi connectivity index (χ2v) is 3.11. The molecule has 0 aromatic rings. The first-order valence-electron chi connectivity index (χ1n) is 3.55. The van der Waals surface area contributed by atoms with Gasteiger partial charge in [-0.3, -0.25) is 0 Å². The van der Waals surface area contributed by atoms with Gasteiger partial charge in [0.25, 0.3) is 0 Å². The SMILES string of the molecule is CC(C)NCC(C)(O)C(=O)O. The molecule has 66 valence electrons. The van der Waals surface area contributed by atoms with Gasteiger partial charge < -0.3 is 15.5 Å². The van der Waals surface area contributed by atoms with Gasteiger partial charge in [-0.1, -0.05) is 13.8 Å². The second kappa shape index (κ2) is 3.69. The molecule has 4 heteroatoms. The zero-order chi connectivity index (χ0) is 9.07. The molecule has 0 spiro atoms. The van der Waals surface area contributed by atoms with Gasteiger partial charge in [0.1, 0.15) is 0 Å². The van der Waals surface area contributed by atoms with E-state index in [0.29, 0.717) is 0 Å². The Hall–Kier alpha value is -0.610. The Bertz CT molecular complexity index is 143. The number of hydrogen-bond donors (Lipinski definition) is 3. The van der Waals surface area contributed by atoms with E-state index in [1.54, 1.807) is 0 Å². The van der Waals surface area contributed by atoms with E-state index in [2.05, 4.69) is 5.32 Å². The second-order valence-electron chi connectivity index (χ2n) is 3.11. The molecular formula is C7H15NO3. The van der Waals surface area contributed by atoms with Crippen LogP contribution in [-0.2, 0) is 4.79 Å². The zero-order valence-electron chi connectivity index (χ0n) is 7.09. The third-order valence-electron chi connectivity index (χ3n) is 1.32. The molecule has 0 aliphatic rings. The van der Waals surface area contributed by atoms with Crippen molar-refractivity contribution in [1.29, 1.82) is 0 Å². The van der Waals surface area contributed by atoms with Crippen LogP contribution in [0.4, 0.5) is 0 Å². The molecule has 0 saturated carbocycles. The Kier molecular flexibility index (Phi) is 3.48. The molecule has 0 aliphatic heterocycles. The summed E-state index contributed by atoms with van der Waals surface area (Å²) >= 11 is 0. The molecule has 4 nitrogen and oxygen atoms in total. The van der Waals surface area contributed by atoms with Crippen molar-refractivity contribution in [1.82, 2.24) is 5.32 Å². The number of aliphatic hydroxyl groups is 1. The highest BCUT2D eigenvalue weighted by Gasteiger charge is 2.29. The van der Waals surface area contributed by atoms with E-state index in [1.807, 2.05) is 13.8 Å². The Morgan fingerprint density at radius 2 is 2.09 bits per heavy atom. The Labute approximate surface area is 66.2 Å². The molecule has 0 aliphatic carbocycles. The monoisotopic (exact) mass is 161 g/mol. The summed E-state index contributed by atoms with van der Waals surface area (Å²) in [4.78, 5) is 10.3. The molecule has 0 radical (unpaired) electrons. The van der Waals surface area contributed by atoms with E-state index >= 15 is 0 Å². The van der Waals surface area contributed by atoms with Crippen LogP contribution in [0, 0.1) is 0 Å². The number of rotatable bonds is 4. The van der Waals surface area contributed by atoms with Crippen LogP contribution in [0.15, 0.2) is 0 Å². The van der Waals surface area contributed by atoms with Crippen molar-refractivity contribution in [2.45, 2.75) is 32.4 Å². The van der Waals surface area contributed by atoms with Crippen LogP contribution >= 0.6 is 0 Å². The molecule has 0 bridgehead atoms. The summed E-state index contributed by atoms with van der Waals surface area (Å²) in [6.45, 7) is 5.11. The maximum atomic E-state index is 10.3. The Morgan fingerprint density at radius 1 is 1.64 bits per heavy atom. The number of hydrogen-bond acceptors (Lipinski definition) is 3. The van der Waals surface area contributed by atoms with Crippen molar-refractivity contribution in [2.24, 2.45) is 0 Å². The fourth-order valence-corrected chi connectivity index (χ4v) is 0.478. The van der Waals surface area contributed by atoms with Gasteiger partial charge in [0, 0.05) is 12.6 Å². The molecule has 0 aromatic carbocycles. The third kappa shape index (κ3) is 3.95. The van der Waals surface area contributed by atoms with Crippen molar-refractivity contribution in [3.05, 3.63) is 0 Å². The maximum Gasteiger partial charge on any atom is 0.336 e. The largest absolute Gasteiger partial charge is 0.479 e. The maximum absolute atomic E-state index is 10.3. The van der Waals surface area contributed by atoms with Gasteiger partial charge in [0.2, 0.25) is 0 Å². The van der Waals surface area contributed by atoms with Crippen molar-refractivity contribution < 1.29 is 15.0 Å². The molecule has 0 saturated heterocycles. The van der Waals surface area contributed by atoms with E-state index in [1.165, 1.54) is 6.92 Å². The van der Waals surface area contributed by atoms with Crippen molar-refractivity contribution in [3.63, 3.8) is 0 Å². The van der Waals surface area contributed by atoms with Gasteiger partial charge in [0.15, 0.2) is 5.60 Å². The summed E-state index contributed by atoms with van der Waals surface area (Å²) in [5, 5.41) is 20.5. The standard InChI is InChI=1S/C7H15NO3/c1-5(2)8-4-7(3,11)6(9)10/h5,8,11H,4H2,1-3H3,(H,9,10). The highest BCUT2D eigenvalue weighted by atomic mass is 16.4. The van der Waals surface area contributed by atoms with Crippen molar-refractivity contribution >= 4 is 5.97 Å². The number of carboxylic acids is 1. The minimum Gasteiger partial charge on any atom is -0.479 e. The smallest absolute Gasteiger partial charge is 0.336 e. The van der Waals surface area contributed by atoms with Gasteiger partial charge in [-0.25, -0.2) is 4.79 Å². The number of carbonyl (C=O) groups is 1. The summed E-state index contributed by atoms with van der Waals surface area (Å²) in [6, 6.07) is 0.181. The summed E-state index contributed by atoms with van der Waals surface area (Å²) in [5.74, 6) is -1.20. The third-order valence-corrected chi connectivity index (χ3v) is 1.32. The van der Waals surface area contributed by atoms with Crippen LogP contribution in [0.25, 0.3) is 0 Å². The van der Waals surface area contributed by atoms with Gasteiger partial charge in [0.05, 0.1) is 0 Å². The average molecular weight is 161 g/mol. The molecule has 0 rings (SSSR count). The lowest BCUT2D eigenvalue weighted by atomic mass is 10.1. The molecule has 11 heavy (non-hydrogen) atoms. The molecular weight excluding hydrogens is 146 g/mol. The highest BCUT2D eigenvalue weighted by Crippen LogP contribution is 2.00. The van der Waals surface area contributed by atoms with Crippen LogP contribution in [0.5, 0.6) is 0 Å². The van der Waals surface area contributed by atoms with Gasteiger partial charge in [-0.15, -0.1) is 0 Å². The predicted octanol–water partition coefficient (Wildman–Crippen LogP) is -0.180. The van der Waals surface area contributed by atoms with E-state index in [4.69, 9.17) is 5.11 Å². The fraction of sp³-hybridized carbons (Fsp3) is 0.857. The van der Waals surface area contributed by atoms with E-state index in [9.17, 15) is 9.90 Å². The average Bonchev–Trinajstić information content (AvgIpc) is 1.84. The Balaban J connectivity index is 3.83. The van der Waals surface area contributed by atoms with E-state index in [-0.39, 0.29) is 12.6 Å². The van der Waals surface area contributed by atoms with E-state index < -0.39 is 11.6 Å². The highest BCUT2D eigenvalue weighted by molar-refractivity contribution is 5.76. The molecule has 0 heterocycles. The summed E-state index contributed by atoms with van der Waals surface area (Å²) < 4.78 is 0. The van der Waals surface area contributed by atoms with Crippen molar-refractivity contribution in [2.75, 3.05) is 6.54 Å².